The molecule has 0 aliphatic rings. The highest BCUT2D eigenvalue weighted by molar-refractivity contribution is 7.71. The van der Waals surface area contributed by atoms with Crippen LogP contribution in [0.2, 0.25) is 0 Å². The molecule has 0 fully saturated rings. The summed E-state index contributed by atoms with van der Waals surface area (Å²) < 4.78 is 8.21. The van der Waals surface area contributed by atoms with Crippen molar-refractivity contribution in [3.63, 3.8) is 0 Å². The van der Waals surface area contributed by atoms with Crippen molar-refractivity contribution in [3.8, 4) is 5.75 Å². The van der Waals surface area contributed by atoms with E-state index in [1.54, 1.807) is 0 Å². The highest BCUT2D eigenvalue weighted by Crippen LogP contribution is 2.14. The Bertz CT molecular complexity index is 642. The van der Waals surface area contributed by atoms with Gasteiger partial charge >= 0.3 is 0 Å². The highest BCUT2D eigenvalue weighted by atomic mass is 32.1. The van der Waals surface area contributed by atoms with E-state index in [2.05, 4.69) is 16.8 Å². The van der Waals surface area contributed by atoms with Crippen LogP contribution in [0.15, 0.2) is 36.4 Å². The molecule has 100 valence electrons. The van der Waals surface area contributed by atoms with Crippen LogP contribution in [0.1, 0.15) is 18.3 Å². The first-order valence-electron chi connectivity index (χ1n) is 6.04. The number of rotatable bonds is 5. The zero-order valence-electron chi connectivity index (χ0n) is 11.1. The number of aromatic amines is 1. The molecule has 1 heterocycles. The summed E-state index contributed by atoms with van der Waals surface area (Å²) in [4.78, 5) is 0. The molecule has 0 spiro atoms. The number of aryl methyl sites for hydroxylation is 1. The topological polar surface area (TPSA) is 42.8 Å². The summed E-state index contributed by atoms with van der Waals surface area (Å²) in [5.74, 6) is 1.60. The SMILES string of the molecule is C=C(C)Cn1c(COc2cccc(C)c2)n[nH]c1=S. The summed E-state index contributed by atoms with van der Waals surface area (Å²) in [5.41, 5.74) is 2.19. The second kappa shape index (κ2) is 5.84. The summed E-state index contributed by atoms with van der Waals surface area (Å²) in [7, 11) is 0. The summed E-state index contributed by atoms with van der Waals surface area (Å²) in [6.07, 6.45) is 0. The number of benzene rings is 1. The minimum Gasteiger partial charge on any atom is -0.486 e. The Morgan fingerprint density at radius 1 is 1.53 bits per heavy atom. The van der Waals surface area contributed by atoms with Crippen molar-refractivity contribution in [1.82, 2.24) is 14.8 Å². The molecule has 19 heavy (non-hydrogen) atoms. The molecular formula is C14H17N3OS. The zero-order valence-corrected chi connectivity index (χ0v) is 12.0. The minimum atomic E-state index is 0.379. The molecule has 1 aromatic heterocycles. The predicted molar refractivity (Wildman–Crippen MR) is 77.7 cm³/mol. The number of nitrogens with zero attached hydrogens (tertiary/aromatic N) is 2. The van der Waals surface area contributed by atoms with Crippen LogP contribution >= 0.6 is 12.2 Å². The second-order valence-corrected chi connectivity index (χ2v) is 4.98. The fourth-order valence-corrected chi connectivity index (χ4v) is 1.96. The number of hydrogen-bond donors (Lipinski definition) is 1. The first kappa shape index (κ1) is 13.5. The van der Waals surface area contributed by atoms with Gasteiger partial charge in [0.2, 0.25) is 0 Å². The quantitative estimate of drug-likeness (QED) is 0.671. The molecule has 5 heteroatoms. The van der Waals surface area contributed by atoms with E-state index in [-0.39, 0.29) is 0 Å². The van der Waals surface area contributed by atoms with Gasteiger partial charge in [0.1, 0.15) is 12.4 Å². The van der Waals surface area contributed by atoms with E-state index in [0.29, 0.717) is 17.9 Å². The van der Waals surface area contributed by atoms with Crippen LogP contribution in [0.25, 0.3) is 0 Å². The summed E-state index contributed by atoms with van der Waals surface area (Å²) in [6.45, 7) is 8.92. The van der Waals surface area contributed by atoms with Crippen LogP contribution in [-0.4, -0.2) is 14.8 Å². The lowest BCUT2D eigenvalue weighted by atomic mass is 10.2. The molecule has 0 aliphatic heterocycles. The van der Waals surface area contributed by atoms with Crippen molar-refractivity contribution in [2.75, 3.05) is 0 Å². The predicted octanol–water partition coefficient (Wildman–Crippen LogP) is 3.40. The van der Waals surface area contributed by atoms with Crippen molar-refractivity contribution < 1.29 is 4.74 Å². The summed E-state index contributed by atoms with van der Waals surface area (Å²) >= 11 is 5.19. The van der Waals surface area contributed by atoms with Gasteiger partial charge in [-0.05, 0) is 43.8 Å². The molecule has 0 unspecified atom stereocenters. The number of aromatic nitrogens is 3. The number of nitrogens with one attached hydrogen (secondary N) is 1. The van der Waals surface area contributed by atoms with E-state index < -0.39 is 0 Å². The molecule has 2 rings (SSSR count). The van der Waals surface area contributed by atoms with Gasteiger partial charge in [0.25, 0.3) is 0 Å². The van der Waals surface area contributed by atoms with E-state index in [4.69, 9.17) is 17.0 Å². The third-order valence-corrected chi connectivity index (χ3v) is 2.93. The summed E-state index contributed by atoms with van der Waals surface area (Å²) in [5, 5.41) is 6.97. The van der Waals surface area contributed by atoms with E-state index in [9.17, 15) is 0 Å². The van der Waals surface area contributed by atoms with Gasteiger partial charge < -0.3 is 4.74 Å². The van der Waals surface area contributed by atoms with Crippen molar-refractivity contribution >= 4 is 12.2 Å². The molecule has 0 aliphatic carbocycles. The molecule has 0 saturated heterocycles. The van der Waals surface area contributed by atoms with Crippen LogP contribution in [0.5, 0.6) is 5.75 Å². The monoisotopic (exact) mass is 275 g/mol. The maximum atomic E-state index is 5.73. The molecule has 4 nitrogen and oxygen atoms in total. The first-order chi connectivity index (χ1) is 9.06. The maximum absolute atomic E-state index is 5.73. The Morgan fingerprint density at radius 2 is 2.32 bits per heavy atom. The molecule has 0 radical (unpaired) electrons. The smallest absolute Gasteiger partial charge is 0.195 e. The number of hydrogen-bond acceptors (Lipinski definition) is 3. The van der Waals surface area contributed by atoms with Crippen molar-refractivity contribution in [1.29, 1.82) is 0 Å². The van der Waals surface area contributed by atoms with Crippen molar-refractivity contribution in [2.45, 2.75) is 27.0 Å². The van der Waals surface area contributed by atoms with E-state index in [1.165, 1.54) is 5.56 Å². The van der Waals surface area contributed by atoms with Gasteiger partial charge in [-0.25, -0.2) is 0 Å². The van der Waals surface area contributed by atoms with Crippen LogP contribution in [0.3, 0.4) is 0 Å². The standard InChI is InChI=1S/C14H17N3OS/c1-10(2)8-17-13(15-16-14(17)19)9-18-12-6-4-5-11(3)7-12/h4-7H,1,8-9H2,2-3H3,(H,16,19). The largest absolute Gasteiger partial charge is 0.486 e. The average molecular weight is 275 g/mol. The summed E-state index contributed by atoms with van der Waals surface area (Å²) in [6, 6.07) is 7.92. The van der Waals surface area contributed by atoms with Gasteiger partial charge in [-0.1, -0.05) is 24.3 Å². The molecule has 0 amide bonds. The number of H-pyrrole nitrogens is 1. The first-order valence-corrected chi connectivity index (χ1v) is 6.45. The number of allylic oxidation sites excluding steroid dienone is 1. The molecule has 2 aromatic rings. The van der Waals surface area contributed by atoms with Gasteiger partial charge in [0, 0.05) is 6.54 Å². The molecule has 0 bridgehead atoms. The Labute approximate surface area is 117 Å². The molecule has 0 atom stereocenters. The van der Waals surface area contributed by atoms with Gasteiger partial charge in [0.15, 0.2) is 10.6 Å². The van der Waals surface area contributed by atoms with E-state index in [0.717, 1.165) is 17.1 Å². The lowest BCUT2D eigenvalue weighted by Crippen LogP contribution is -2.08. The Morgan fingerprint density at radius 3 is 3.00 bits per heavy atom. The average Bonchev–Trinajstić information content (AvgIpc) is 2.68. The van der Waals surface area contributed by atoms with Gasteiger partial charge in [-0.2, -0.15) is 5.10 Å². The number of ether oxygens (including phenoxy) is 1. The fraction of sp³-hybridized carbons (Fsp3) is 0.286. The zero-order chi connectivity index (χ0) is 13.8. The molecular weight excluding hydrogens is 258 g/mol. The Kier molecular flexibility index (Phi) is 4.16. The minimum absolute atomic E-state index is 0.379. The highest BCUT2D eigenvalue weighted by Gasteiger charge is 2.07. The Balaban J connectivity index is 2.11. The third-order valence-electron chi connectivity index (χ3n) is 2.62. The van der Waals surface area contributed by atoms with Crippen molar-refractivity contribution in [3.05, 3.63) is 52.6 Å². The maximum Gasteiger partial charge on any atom is 0.195 e. The third kappa shape index (κ3) is 3.54. The van der Waals surface area contributed by atoms with Gasteiger partial charge in [-0.3, -0.25) is 9.67 Å². The lowest BCUT2D eigenvalue weighted by molar-refractivity contribution is 0.289. The Hall–Kier alpha value is -1.88. The van der Waals surface area contributed by atoms with Crippen molar-refractivity contribution in [2.24, 2.45) is 0 Å². The van der Waals surface area contributed by atoms with Crippen LogP contribution in [-0.2, 0) is 13.2 Å². The van der Waals surface area contributed by atoms with Crippen LogP contribution in [0.4, 0.5) is 0 Å². The molecule has 0 saturated carbocycles. The molecule has 1 N–H and O–H groups in total. The lowest BCUT2D eigenvalue weighted by Gasteiger charge is -2.08. The normalized spacial score (nSPS) is 10.4. The van der Waals surface area contributed by atoms with Gasteiger partial charge in [0.05, 0.1) is 0 Å². The van der Waals surface area contributed by atoms with Crippen LogP contribution < -0.4 is 4.74 Å². The van der Waals surface area contributed by atoms with E-state index in [1.807, 2.05) is 42.7 Å². The van der Waals surface area contributed by atoms with Crippen LogP contribution in [0, 0.1) is 11.7 Å². The fourth-order valence-electron chi connectivity index (χ4n) is 1.75. The van der Waals surface area contributed by atoms with Gasteiger partial charge in [-0.15, -0.1) is 0 Å². The second-order valence-electron chi connectivity index (χ2n) is 4.59. The molecule has 1 aromatic carbocycles. The van der Waals surface area contributed by atoms with E-state index >= 15 is 0 Å².